The van der Waals surface area contributed by atoms with Crippen molar-refractivity contribution in [2.45, 2.75) is 84.2 Å². The SMILES string of the molecule is CCC(C)C(N)C(=O)NC(Cc1cnc[nH]1)C(=O)NC(C(=O)NC(C(=O)O)C(C)O)C(C)CC. The second-order valence-corrected chi connectivity index (χ2v) is 8.69. The molecule has 0 spiro atoms. The van der Waals surface area contributed by atoms with Gasteiger partial charge in [0.15, 0.2) is 6.04 Å². The maximum absolute atomic E-state index is 13.2. The van der Waals surface area contributed by atoms with Crippen LogP contribution in [0.5, 0.6) is 0 Å². The molecule has 7 unspecified atom stereocenters. The van der Waals surface area contributed by atoms with Crippen molar-refractivity contribution in [3.63, 3.8) is 0 Å². The average Bonchev–Trinajstić information content (AvgIpc) is 3.31. The van der Waals surface area contributed by atoms with E-state index in [9.17, 15) is 29.4 Å². The molecule has 3 amide bonds. The van der Waals surface area contributed by atoms with Crippen LogP contribution in [0.3, 0.4) is 0 Å². The molecule has 1 heterocycles. The Morgan fingerprint density at radius 1 is 0.971 bits per heavy atom. The lowest BCUT2D eigenvalue weighted by atomic mass is 9.96. The number of nitrogens with zero attached hydrogens (tertiary/aromatic N) is 1. The first-order chi connectivity index (χ1) is 15.9. The summed E-state index contributed by atoms with van der Waals surface area (Å²) < 4.78 is 0. The van der Waals surface area contributed by atoms with E-state index < -0.39 is 54.0 Å². The van der Waals surface area contributed by atoms with Gasteiger partial charge < -0.3 is 36.9 Å². The van der Waals surface area contributed by atoms with Crippen molar-refractivity contribution in [3.05, 3.63) is 18.2 Å². The number of nitrogens with one attached hydrogen (secondary N) is 4. The lowest BCUT2D eigenvalue weighted by Crippen LogP contribution is -2.60. The largest absolute Gasteiger partial charge is 0.480 e. The van der Waals surface area contributed by atoms with Gasteiger partial charge in [-0.2, -0.15) is 0 Å². The number of hydrogen-bond acceptors (Lipinski definition) is 7. The summed E-state index contributed by atoms with van der Waals surface area (Å²) in [6.07, 6.45) is 2.86. The Morgan fingerprint density at radius 2 is 1.56 bits per heavy atom. The first-order valence-electron chi connectivity index (χ1n) is 11.5. The Morgan fingerprint density at radius 3 is 2.03 bits per heavy atom. The van der Waals surface area contributed by atoms with Crippen LogP contribution in [0, 0.1) is 11.8 Å². The number of hydrogen-bond donors (Lipinski definition) is 7. The monoisotopic (exact) mass is 482 g/mol. The lowest BCUT2D eigenvalue weighted by molar-refractivity contribution is -0.145. The first kappa shape index (κ1) is 29.0. The maximum atomic E-state index is 13.2. The van der Waals surface area contributed by atoms with E-state index in [-0.39, 0.29) is 18.3 Å². The first-order valence-corrected chi connectivity index (χ1v) is 11.5. The highest BCUT2D eigenvalue weighted by Gasteiger charge is 2.34. The summed E-state index contributed by atoms with van der Waals surface area (Å²) in [7, 11) is 0. The summed E-state index contributed by atoms with van der Waals surface area (Å²) in [5.41, 5.74) is 6.60. The number of aliphatic hydroxyl groups excluding tert-OH is 1. The van der Waals surface area contributed by atoms with Gasteiger partial charge >= 0.3 is 5.97 Å². The number of nitrogens with two attached hydrogens (primary N) is 1. The zero-order chi connectivity index (χ0) is 26.0. The molecule has 0 radical (unpaired) electrons. The summed E-state index contributed by atoms with van der Waals surface area (Å²) in [6.45, 7) is 8.52. The molecule has 0 saturated heterocycles. The van der Waals surface area contributed by atoms with Gasteiger partial charge in [-0.05, 0) is 18.8 Å². The Hall–Kier alpha value is -2.99. The predicted octanol–water partition coefficient (Wildman–Crippen LogP) is -0.708. The van der Waals surface area contributed by atoms with Gasteiger partial charge in [0.05, 0.1) is 18.5 Å². The molecule has 34 heavy (non-hydrogen) atoms. The molecule has 1 rings (SSSR count). The van der Waals surface area contributed by atoms with Gasteiger partial charge in [0, 0.05) is 18.3 Å². The molecule has 8 N–H and O–H groups in total. The Labute approximate surface area is 199 Å². The van der Waals surface area contributed by atoms with Crippen LogP contribution in [0.25, 0.3) is 0 Å². The predicted molar refractivity (Wildman–Crippen MR) is 124 cm³/mol. The number of carboxylic acids is 1. The Balaban J connectivity index is 3.10. The van der Waals surface area contributed by atoms with Gasteiger partial charge in [0.25, 0.3) is 0 Å². The van der Waals surface area contributed by atoms with Crippen LogP contribution in [0.15, 0.2) is 12.5 Å². The highest BCUT2D eigenvalue weighted by molar-refractivity contribution is 5.94. The summed E-state index contributed by atoms with van der Waals surface area (Å²) in [4.78, 5) is 56.9. The standard InChI is InChI=1S/C22H38N6O6/c1-6-11(3)16(23)20(31)26-15(8-14-9-24-10-25-14)19(30)27-17(12(4)7-2)21(32)28-18(13(5)29)22(33)34/h9-13,15-18,29H,6-8,23H2,1-5H3,(H,24,25)(H,26,31)(H,27,30)(H,28,32)(H,33,34). The van der Waals surface area contributed by atoms with Crippen LogP contribution in [0.1, 0.15) is 53.2 Å². The van der Waals surface area contributed by atoms with Crippen LogP contribution in [-0.2, 0) is 25.6 Å². The third kappa shape index (κ3) is 8.41. The number of carboxylic acid groups (broad SMARTS) is 1. The number of amides is 3. The third-order valence-electron chi connectivity index (χ3n) is 6.01. The van der Waals surface area contributed by atoms with E-state index in [0.717, 1.165) is 0 Å². The molecular formula is C22H38N6O6. The number of rotatable bonds is 14. The van der Waals surface area contributed by atoms with Gasteiger partial charge in [-0.3, -0.25) is 14.4 Å². The molecule has 0 aliphatic heterocycles. The normalized spacial score (nSPS) is 17.4. The minimum absolute atomic E-state index is 0.0745. The van der Waals surface area contributed by atoms with Gasteiger partial charge in [-0.15, -0.1) is 0 Å². The smallest absolute Gasteiger partial charge is 0.328 e. The molecule has 12 nitrogen and oxygen atoms in total. The molecule has 0 aromatic carbocycles. The minimum atomic E-state index is -1.54. The zero-order valence-electron chi connectivity index (χ0n) is 20.4. The van der Waals surface area contributed by atoms with Crippen LogP contribution in [0.2, 0.25) is 0 Å². The molecule has 192 valence electrons. The molecule has 1 aromatic heterocycles. The molecule has 12 heteroatoms. The molecule has 0 bridgehead atoms. The van der Waals surface area contributed by atoms with Crippen LogP contribution < -0.4 is 21.7 Å². The van der Waals surface area contributed by atoms with E-state index in [1.807, 2.05) is 20.8 Å². The number of aromatic nitrogens is 2. The van der Waals surface area contributed by atoms with Gasteiger partial charge in [-0.25, -0.2) is 9.78 Å². The summed E-state index contributed by atoms with van der Waals surface area (Å²) in [6, 6.07) is -4.51. The van der Waals surface area contributed by atoms with E-state index in [1.54, 1.807) is 6.92 Å². The van der Waals surface area contributed by atoms with Crippen molar-refractivity contribution in [1.82, 2.24) is 25.9 Å². The fraction of sp³-hybridized carbons (Fsp3) is 0.682. The quantitative estimate of drug-likeness (QED) is 0.180. The highest BCUT2D eigenvalue weighted by atomic mass is 16.4. The number of aliphatic hydroxyl groups is 1. The maximum Gasteiger partial charge on any atom is 0.328 e. The number of aliphatic carboxylic acids is 1. The molecule has 7 atom stereocenters. The second kappa shape index (κ2) is 13.7. The van der Waals surface area contributed by atoms with Crippen molar-refractivity contribution < 1.29 is 29.4 Å². The zero-order valence-corrected chi connectivity index (χ0v) is 20.4. The fourth-order valence-electron chi connectivity index (χ4n) is 3.19. The molecular weight excluding hydrogens is 444 g/mol. The molecule has 0 saturated carbocycles. The summed E-state index contributed by atoms with van der Waals surface area (Å²) in [5.74, 6) is -3.76. The number of imidazole rings is 1. The van der Waals surface area contributed by atoms with Crippen LogP contribution >= 0.6 is 0 Å². The van der Waals surface area contributed by atoms with Crippen molar-refractivity contribution >= 4 is 23.7 Å². The van der Waals surface area contributed by atoms with Crippen molar-refractivity contribution in [2.75, 3.05) is 0 Å². The van der Waals surface area contributed by atoms with Gasteiger partial charge in [0.2, 0.25) is 17.7 Å². The van der Waals surface area contributed by atoms with Crippen molar-refractivity contribution in [2.24, 2.45) is 17.6 Å². The highest BCUT2D eigenvalue weighted by Crippen LogP contribution is 2.11. The Bertz CT molecular complexity index is 815. The van der Waals surface area contributed by atoms with Crippen molar-refractivity contribution in [3.8, 4) is 0 Å². The number of aromatic amines is 1. The molecule has 0 fully saturated rings. The van der Waals surface area contributed by atoms with E-state index in [1.165, 1.54) is 19.4 Å². The fourth-order valence-corrected chi connectivity index (χ4v) is 3.19. The van der Waals surface area contributed by atoms with E-state index in [2.05, 4.69) is 25.9 Å². The van der Waals surface area contributed by atoms with Crippen molar-refractivity contribution in [1.29, 1.82) is 0 Å². The topological polar surface area (TPSA) is 200 Å². The molecule has 0 aliphatic carbocycles. The molecule has 1 aromatic rings. The summed E-state index contributed by atoms with van der Waals surface area (Å²) >= 11 is 0. The Kier molecular flexibility index (Phi) is 11.7. The number of H-pyrrole nitrogens is 1. The van der Waals surface area contributed by atoms with E-state index in [0.29, 0.717) is 18.5 Å². The van der Waals surface area contributed by atoms with E-state index >= 15 is 0 Å². The van der Waals surface area contributed by atoms with E-state index in [4.69, 9.17) is 5.73 Å². The number of carbonyl (C=O) groups is 4. The minimum Gasteiger partial charge on any atom is -0.480 e. The average molecular weight is 483 g/mol. The summed E-state index contributed by atoms with van der Waals surface area (Å²) in [5, 5.41) is 26.5. The second-order valence-electron chi connectivity index (χ2n) is 8.69. The molecule has 0 aliphatic rings. The number of carbonyl (C=O) groups excluding carboxylic acids is 3. The van der Waals surface area contributed by atoms with Crippen LogP contribution in [0.4, 0.5) is 0 Å². The lowest BCUT2D eigenvalue weighted by Gasteiger charge is -2.29. The third-order valence-corrected chi connectivity index (χ3v) is 6.01. The van der Waals surface area contributed by atoms with Crippen LogP contribution in [-0.4, -0.2) is 74.1 Å². The van der Waals surface area contributed by atoms with Gasteiger partial charge in [-0.1, -0.05) is 40.5 Å². The van der Waals surface area contributed by atoms with Gasteiger partial charge in [0.1, 0.15) is 12.1 Å².